The molecule has 16 heavy (non-hydrogen) atoms. The van der Waals surface area contributed by atoms with Crippen LogP contribution >= 0.6 is 0 Å². The molecular weight excluding hydrogens is 211 g/mol. The minimum atomic E-state index is -0.0330. The van der Waals surface area contributed by atoms with E-state index in [0.717, 1.165) is 5.36 Å². The van der Waals surface area contributed by atoms with Gasteiger partial charge in [0.1, 0.15) is 0 Å². The Hall–Kier alpha value is -1.56. The van der Waals surface area contributed by atoms with Crippen molar-refractivity contribution in [2.45, 2.75) is 0 Å². The maximum absolute atomic E-state index is 4.59. The molecule has 1 aliphatic heterocycles. The topological polar surface area (TPSA) is 24.4 Å². The maximum atomic E-state index is 4.59. The second-order valence-corrected chi connectivity index (χ2v) is 4.86. The Bertz CT molecular complexity index is 749. The first-order chi connectivity index (χ1) is 7.93. The molecule has 3 heteroatoms. The van der Waals surface area contributed by atoms with Crippen LogP contribution < -0.4 is 9.66 Å². The highest BCUT2D eigenvalue weighted by Gasteiger charge is 2.11. The van der Waals surface area contributed by atoms with Crippen LogP contribution in [0.3, 0.4) is 0 Å². The molecule has 1 aliphatic rings. The Kier molecular flexibility index (Phi) is 1.60. The number of benzene rings is 3. The summed E-state index contributed by atoms with van der Waals surface area (Å²) in [6, 6.07) is 15.1. The molecular formula is C13H8AlN2. The van der Waals surface area contributed by atoms with Crippen LogP contribution in [-0.2, 0) is 0 Å². The number of nitrogens with zero attached hydrogens (tertiary/aromatic N) is 1. The van der Waals surface area contributed by atoms with E-state index in [4.69, 9.17) is 0 Å². The van der Waals surface area contributed by atoms with Crippen LogP contribution in [0.2, 0.25) is 0 Å². The zero-order valence-corrected chi connectivity index (χ0v) is 9.72. The van der Waals surface area contributed by atoms with Crippen molar-refractivity contribution in [1.82, 2.24) is 0 Å². The lowest BCUT2D eigenvalue weighted by Gasteiger charge is -2.15. The van der Waals surface area contributed by atoms with Gasteiger partial charge in [-0.3, -0.25) is 0 Å². The molecule has 0 saturated carbocycles. The zero-order valence-electron chi connectivity index (χ0n) is 8.57. The first-order valence-corrected chi connectivity index (χ1v) is 6.43. The lowest BCUT2D eigenvalue weighted by atomic mass is 9.99. The largest absolute Gasteiger partial charge is 0.570 e. The summed E-state index contributed by atoms with van der Waals surface area (Å²) in [5.74, 6) is 0. The van der Waals surface area contributed by atoms with Crippen molar-refractivity contribution in [2.75, 3.05) is 4.30 Å². The third-order valence-electron chi connectivity index (χ3n) is 3.18. The lowest BCUT2D eigenvalue weighted by Crippen LogP contribution is -2.18. The molecule has 0 unspecified atom stereocenters. The maximum Gasteiger partial charge on any atom is 0.570 e. The second kappa shape index (κ2) is 2.98. The molecule has 0 saturated heterocycles. The minimum absolute atomic E-state index is 0.0330. The van der Waals surface area contributed by atoms with Gasteiger partial charge < -0.3 is 8.28 Å². The molecule has 3 aromatic carbocycles. The average Bonchev–Trinajstić information content (AvgIpc) is 2.36. The summed E-state index contributed by atoms with van der Waals surface area (Å²) in [5, 5.41) is 6.37. The molecule has 0 amide bonds. The molecule has 1 N–H and O–H groups in total. The summed E-state index contributed by atoms with van der Waals surface area (Å²) in [6.45, 7) is 0. The van der Waals surface area contributed by atoms with Crippen LogP contribution in [-0.4, -0.2) is 15.7 Å². The van der Waals surface area contributed by atoms with Gasteiger partial charge in [-0.25, -0.2) is 0 Å². The predicted molar refractivity (Wildman–Crippen MR) is 67.6 cm³/mol. The van der Waals surface area contributed by atoms with E-state index >= 15 is 0 Å². The Balaban J connectivity index is 2.45. The normalized spacial score (nSPS) is 13.2. The molecule has 0 spiro atoms. The summed E-state index contributed by atoms with van der Waals surface area (Å²) in [4.78, 5) is 0. The summed E-state index contributed by atoms with van der Waals surface area (Å²) in [6.07, 6.45) is 0. The van der Waals surface area contributed by atoms with Crippen molar-refractivity contribution in [2.24, 2.45) is 3.98 Å². The number of anilines is 1. The van der Waals surface area contributed by atoms with Gasteiger partial charge in [0.2, 0.25) is 0 Å². The van der Waals surface area contributed by atoms with E-state index in [1.165, 1.54) is 27.2 Å². The molecule has 0 aromatic heterocycles. The van der Waals surface area contributed by atoms with E-state index < -0.39 is 0 Å². The second-order valence-electron chi connectivity index (χ2n) is 4.05. The van der Waals surface area contributed by atoms with E-state index in [0.29, 0.717) is 0 Å². The van der Waals surface area contributed by atoms with E-state index in [2.05, 4.69) is 50.7 Å². The summed E-state index contributed by atoms with van der Waals surface area (Å²) < 4.78 is 7.99. The van der Waals surface area contributed by atoms with Crippen molar-refractivity contribution in [3.05, 3.63) is 47.8 Å². The van der Waals surface area contributed by atoms with Gasteiger partial charge in [-0.15, -0.1) is 0 Å². The molecule has 0 fully saturated rings. The van der Waals surface area contributed by atoms with Crippen LogP contribution in [0.15, 0.2) is 46.4 Å². The molecule has 1 radical (unpaired) electrons. The smallest absolute Gasteiger partial charge is 0.463 e. The van der Waals surface area contributed by atoms with Gasteiger partial charge in [-0.2, -0.15) is 0 Å². The molecule has 0 atom stereocenters. The molecule has 3 aromatic rings. The standard InChI is InChI=1S/C13H8N2.Al/c14-10-6-4-8-2-1-3-9-5-7-11(15)13(10)12(8)9;/h1-7,14H;/q-2;+2. The van der Waals surface area contributed by atoms with Crippen molar-refractivity contribution < 1.29 is 0 Å². The zero-order chi connectivity index (χ0) is 10.5. The SMILES string of the molecule is c1cc2ccc3c4c(ccc(c1)c24)=[N][Al][NH]3. The van der Waals surface area contributed by atoms with Gasteiger partial charge in [-0.1, -0.05) is 30.3 Å². The number of rotatable bonds is 0. The molecule has 2 nitrogen and oxygen atoms in total. The Labute approximate surface area is 99.1 Å². The molecule has 0 bridgehead atoms. The van der Waals surface area contributed by atoms with Crippen LogP contribution in [0.25, 0.3) is 21.5 Å². The molecule has 1 heterocycles. The van der Waals surface area contributed by atoms with Crippen LogP contribution in [0.4, 0.5) is 5.69 Å². The van der Waals surface area contributed by atoms with Crippen LogP contribution in [0, 0.1) is 0 Å². The highest BCUT2D eigenvalue weighted by atomic mass is 27.1. The fraction of sp³-hybridized carbons (Fsp3) is 0. The van der Waals surface area contributed by atoms with Crippen LogP contribution in [0.1, 0.15) is 0 Å². The molecule has 4 rings (SSSR count). The van der Waals surface area contributed by atoms with Gasteiger partial charge in [0.15, 0.2) is 0 Å². The van der Waals surface area contributed by atoms with Crippen LogP contribution in [0.5, 0.6) is 0 Å². The first-order valence-electron chi connectivity index (χ1n) is 5.34. The average molecular weight is 219 g/mol. The van der Waals surface area contributed by atoms with Crippen molar-refractivity contribution in [1.29, 1.82) is 0 Å². The van der Waals surface area contributed by atoms with E-state index in [-0.39, 0.29) is 15.7 Å². The van der Waals surface area contributed by atoms with Crippen molar-refractivity contribution >= 4 is 42.9 Å². The predicted octanol–water partition coefficient (Wildman–Crippen LogP) is 2.29. The van der Waals surface area contributed by atoms with Gasteiger partial charge >= 0.3 is 15.7 Å². The third kappa shape index (κ3) is 0.996. The Morgan fingerprint density at radius 1 is 0.875 bits per heavy atom. The minimum Gasteiger partial charge on any atom is -0.463 e. The van der Waals surface area contributed by atoms with Gasteiger partial charge in [-0.05, 0) is 22.9 Å². The third-order valence-corrected chi connectivity index (χ3v) is 4.03. The van der Waals surface area contributed by atoms with E-state index in [1.54, 1.807) is 0 Å². The quantitative estimate of drug-likeness (QED) is 0.576. The number of nitrogens with one attached hydrogen (secondary N) is 1. The molecule has 73 valence electrons. The highest BCUT2D eigenvalue weighted by molar-refractivity contribution is 6.40. The highest BCUT2D eigenvalue weighted by Crippen LogP contribution is 2.30. The molecule has 0 aliphatic carbocycles. The summed E-state index contributed by atoms with van der Waals surface area (Å²) in [7, 11) is 0. The van der Waals surface area contributed by atoms with Gasteiger partial charge in [0.25, 0.3) is 0 Å². The lowest BCUT2D eigenvalue weighted by molar-refractivity contribution is 1.47. The number of hydrogen-bond donors (Lipinski definition) is 1. The number of hydrogen-bond acceptors (Lipinski definition) is 2. The summed E-state index contributed by atoms with van der Waals surface area (Å²) in [5.41, 5.74) is 1.24. The first kappa shape index (κ1) is 8.58. The van der Waals surface area contributed by atoms with Gasteiger partial charge in [0.05, 0.1) is 0 Å². The van der Waals surface area contributed by atoms with E-state index in [1.807, 2.05) is 0 Å². The Morgan fingerprint density at radius 2 is 1.69 bits per heavy atom. The Morgan fingerprint density at radius 3 is 2.56 bits per heavy atom. The van der Waals surface area contributed by atoms with Crippen molar-refractivity contribution in [3.8, 4) is 0 Å². The summed E-state index contributed by atoms with van der Waals surface area (Å²) >= 11 is -0.0330. The fourth-order valence-electron chi connectivity index (χ4n) is 2.46. The monoisotopic (exact) mass is 219 g/mol. The van der Waals surface area contributed by atoms with E-state index in [9.17, 15) is 0 Å². The fourth-order valence-corrected chi connectivity index (χ4v) is 3.26. The van der Waals surface area contributed by atoms with Crippen molar-refractivity contribution in [3.63, 3.8) is 0 Å². The van der Waals surface area contributed by atoms with Gasteiger partial charge in [0, 0.05) is 21.8 Å².